The summed E-state index contributed by atoms with van der Waals surface area (Å²) < 4.78 is 10.9. The van der Waals surface area contributed by atoms with E-state index in [1.165, 1.54) is 0 Å². The number of piperidine rings is 1. The highest BCUT2D eigenvalue weighted by Crippen LogP contribution is 2.23. The highest BCUT2D eigenvalue weighted by atomic mass is 16.6. The Hall–Kier alpha value is -3.33. The minimum Gasteiger partial charge on any atom is -0.482 e. The Balaban J connectivity index is 1.65. The summed E-state index contributed by atoms with van der Waals surface area (Å²) in [5.74, 6) is -0.365. The number of hydrogen-bond donors (Lipinski definition) is 0. The van der Waals surface area contributed by atoms with Gasteiger partial charge in [-0.25, -0.2) is 4.79 Å². The second-order valence-electron chi connectivity index (χ2n) is 6.59. The molecule has 0 N–H and O–H groups in total. The highest BCUT2D eigenvalue weighted by Gasteiger charge is 2.30. The predicted molar refractivity (Wildman–Crippen MR) is 102 cm³/mol. The summed E-state index contributed by atoms with van der Waals surface area (Å²) in [6, 6.07) is 17.5. The van der Waals surface area contributed by atoms with E-state index in [1.54, 1.807) is 41.3 Å². The molecule has 0 bridgehead atoms. The van der Waals surface area contributed by atoms with Crippen LogP contribution in [-0.2, 0) is 14.3 Å². The number of rotatable bonds is 6. The van der Waals surface area contributed by atoms with Crippen LogP contribution in [0.25, 0.3) is 0 Å². The van der Waals surface area contributed by atoms with Crippen LogP contribution in [0.4, 0.5) is 0 Å². The summed E-state index contributed by atoms with van der Waals surface area (Å²) in [7, 11) is 0. The molecule has 1 atom stereocenters. The van der Waals surface area contributed by atoms with Gasteiger partial charge in [0.2, 0.25) is 6.10 Å². The number of carbonyl (C=O) groups excluding carboxylic acids is 2. The number of amides is 1. The second kappa shape index (κ2) is 9.56. The molecule has 1 aliphatic rings. The number of ether oxygens (including phenoxy) is 2. The minimum atomic E-state index is -0.976. The molecule has 3 rings (SSSR count). The number of likely N-dealkylation sites (tertiary alicyclic amines) is 1. The van der Waals surface area contributed by atoms with Gasteiger partial charge < -0.3 is 14.4 Å². The minimum absolute atomic E-state index is 0.197. The zero-order valence-electron chi connectivity index (χ0n) is 15.5. The van der Waals surface area contributed by atoms with E-state index in [0.717, 1.165) is 19.3 Å². The standard InChI is InChI=1S/C22H22N2O4/c23-15-17-9-11-19(12-10-17)27-16-20(25)28-21(18-7-3-1-4-8-18)22(26)24-13-5-2-6-14-24/h1,3-4,7-12,21H,2,5-6,13-14,16H2/t21-/m0/s1. The molecule has 0 saturated carbocycles. The van der Waals surface area contributed by atoms with Crippen molar-refractivity contribution in [2.45, 2.75) is 25.4 Å². The van der Waals surface area contributed by atoms with Crippen LogP contribution in [0.2, 0.25) is 0 Å². The Morgan fingerprint density at radius 3 is 2.32 bits per heavy atom. The predicted octanol–water partition coefficient (Wildman–Crippen LogP) is 3.23. The monoisotopic (exact) mass is 378 g/mol. The molecule has 2 aromatic carbocycles. The number of carbonyl (C=O) groups is 2. The molecule has 1 amide bonds. The molecule has 0 aliphatic carbocycles. The zero-order chi connectivity index (χ0) is 19.8. The van der Waals surface area contributed by atoms with Crippen molar-refractivity contribution in [2.75, 3.05) is 19.7 Å². The fourth-order valence-electron chi connectivity index (χ4n) is 3.10. The van der Waals surface area contributed by atoms with Crippen LogP contribution in [0.5, 0.6) is 5.75 Å². The van der Waals surface area contributed by atoms with E-state index >= 15 is 0 Å². The maximum Gasteiger partial charge on any atom is 0.345 e. The first kappa shape index (κ1) is 19.4. The van der Waals surface area contributed by atoms with Crippen LogP contribution in [-0.4, -0.2) is 36.5 Å². The van der Waals surface area contributed by atoms with E-state index < -0.39 is 12.1 Å². The molecule has 1 aliphatic heterocycles. The molecule has 28 heavy (non-hydrogen) atoms. The first-order valence-electron chi connectivity index (χ1n) is 9.33. The topological polar surface area (TPSA) is 79.6 Å². The fourth-order valence-corrected chi connectivity index (χ4v) is 3.10. The molecule has 0 unspecified atom stereocenters. The molecule has 6 heteroatoms. The number of esters is 1. The quantitative estimate of drug-likeness (QED) is 0.721. The number of nitrogens with zero attached hydrogens (tertiary/aromatic N) is 2. The van der Waals surface area contributed by atoms with Crippen LogP contribution in [0.15, 0.2) is 54.6 Å². The van der Waals surface area contributed by atoms with Gasteiger partial charge in [-0.15, -0.1) is 0 Å². The van der Waals surface area contributed by atoms with Crippen molar-refractivity contribution < 1.29 is 19.1 Å². The summed E-state index contributed by atoms with van der Waals surface area (Å²) in [5, 5.41) is 8.81. The first-order chi connectivity index (χ1) is 13.7. The molecule has 1 fully saturated rings. The van der Waals surface area contributed by atoms with Crippen molar-refractivity contribution in [3.05, 3.63) is 65.7 Å². The van der Waals surface area contributed by atoms with E-state index in [9.17, 15) is 9.59 Å². The number of hydrogen-bond acceptors (Lipinski definition) is 5. The largest absolute Gasteiger partial charge is 0.482 e. The average molecular weight is 378 g/mol. The highest BCUT2D eigenvalue weighted by molar-refractivity contribution is 5.85. The summed E-state index contributed by atoms with van der Waals surface area (Å²) in [4.78, 5) is 27.1. The molecule has 0 radical (unpaired) electrons. The maximum atomic E-state index is 13.0. The molecule has 2 aromatic rings. The third kappa shape index (κ3) is 5.10. The number of nitriles is 1. The normalized spacial score (nSPS) is 14.6. The van der Waals surface area contributed by atoms with Gasteiger partial charge in [-0.2, -0.15) is 5.26 Å². The van der Waals surface area contributed by atoms with E-state index in [1.807, 2.05) is 24.3 Å². The Morgan fingerprint density at radius 1 is 1.00 bits per heavy atom. The first-order valence-corrected chi connectivity index (χ1v) is 9.33. The zero-order valence-corrected chi connectivity index (χ0v) is 15.5. The van der Waals surface area contributed by atoms with Gasteiger partial charge in [0.1, 0.15) is 5.75 Å². The van der Waals surface area contributed by atoms with Gasteiger partial charge in [0.25, 0.3) is 5.91 Å². The molecule has 1 heterocycles. The van der Waals surface area contributed by atoms with Crippen LogP contribution in [0, 0.1) is 11.3 Å². The van der Waals surface area contributed by atoms with Gasteiger partial charge in [0, 0.05) is 18.7 Å². The SMILES string of the molecule is N#Cc1ccc(OCC(=O)O[C@H](C(=O)N2CCCCC2)c2ccccc2)cc1. The van der Waals surface area contributed by atoms with Crippen molar-refractivity contribution in [1.29, 1.82) is 5.26 Å². The Morgan fingerprint density at radius 2 is 1.68 bits per heavy atom. The Kier molecular flexibility index (Phi) is 6.64. The van der Waals surface area contributed by atoms with E-state index in [2.05, 4.69) is 0 Å². The lowest BCUT2D eigenvalue weighted by Crippen LogP contribution is -2.40. The van der Waals surface area contributed by atoms with Gasteiger partial charge in [-0.1, -0.05) is 30.3 Å². The second-order valence-corrected chi connectivity index (χ2v) is 6.59. The average Bonchev–Trinajstić information content (AvgIpc) is 2.77. The lowest BCUT2D eigenvalue weighted by atomic mass is 10.1. The van der Waals surface area contributed by atoms with Crippen LogP contribution in [0.1, 0.15) is 36.5 Å². The van der Waals surface area contributed by atoms with E-state index in [-0.39, 0.29) is 12.5 Å². The molecular formula is C22H22N2O4. The Labute approximate surface area is 164 Å². The van der Waals surface area contributed by atoms with Crippen LogP contribution >= 0.6 is 0 Å². The molecule has 0 aromatic heterocycles. The van der Waals surface area contributed by atoms with Crippen LogP contribution < -0.4 is 4.74 Å². The van der Waals surface area contributed by atoms with E-state index in [0.29, 0.717) is 30.0 Å². The van der Waals surface area contributed by atoms with Gasteiger partial charge in [-0.3, -0.25) is 4.79 Å². The molecule has 0 spiro atoms. The Bertz CT molecular complexity index is 837. The van der Waals surface area contributed by atoms with Gasteiger partial charge in [-0.05, 0) is 43.5 Å². The van der Waals surface area contributed by atoms with Crippen molar-refractivity contribution in [2.24, 2.45) is 0 Å². The summed E-state index contributed by atoms with van der Waals surface area (Å²) in [5.41, 5.74) is 1.15. The van der Waals surface area contributed by atoms with E-state index in [4.69, 9.17) is 14.7 Å². The third-order valence-corrected chi connectivity index (χ3v) is 4.58. The summed E-state index contributed by atoms with van der Waals surface area (Å²) in [6.45, 7) is 1.05. The van der Waals surface area contributed by atoms with Gasteiger partial charge in [0.15, 0.2) is 6.61 Å². The van der Waals surface area contributed by atoms with Crippen molar-refractivity contribution in [3.63, 3.8) is 0 Å². The number of benzene rings is 2. The summed E-state index contributed by atoms with van der Waals surface area (Å²) >= 11 is 0. The van der Waals surface area contributed by atoms with Crippen molar-refractivity contribution >= 4 is 11.9 Å². The molecule has 1 saturated heterocycles. The van der Waals surface area contributed by atoms with Gasteiger partial charge in [0.05, 0.1) is 11.6 Å². The van der Waals surface area contributed by atoms with Crippen molar-refractivity contribution in [3.8, 4) is 11.8 Å². The van der Waals surface area contributed by atoms with Crippen molar-refractivity contribution in [1.82, 2.24) is 4.90 Å². The lowest BCUT2D eigenvalue weighted by molar-refractivity contribution is -0.163. The molecular weight excluding hydrogens is 356 g/mol. The summed E-state index contributed by atoms with van der Waals surface area (Å²) in [6.07, 6.45) is 2.06. The van der Waals surface area contributed by atoms with Crippen LogP contribution in [0.3, 0.4) is 0 Å². The third-order valence-electron chi connectivity index (χ3n) is 4.58. The van der Waals surface area contributed by atoms with Gasteiger partial charge >= 0.3 is 5.97 Å². The smallest absolute Gasteiger partial charge is 0.345 e. The molecule has 6 nitrogen and oxygen atoms in total. The maximum absolute atomic E-state index is 13.0. The lowest BCUT2D eigenvalue weighted by Gasteiger charge is -2.30. The fraction of sp³-hybridized carbons (Fsp3) is 0.318. The molecule has 144 valence electrons.